The molecule has 1 aliphatic heterocycles. The van der Waals surface area contributed by atoms with Crippen molar-refractivity contribution in [2.45, 2.75) is 25.3 Å². The van der Waals surface area contributed by atoms with E-state index in [2.05, 4.69) is 23.6 Å². The summed E-state index contributed by atoms with van der Waals surface area (Å²) >= 11 is 0. The van der Waals surface area contributed by atoms with Crippen LogP contribution < -0.4 is 10.2 Å². The van der Waals surface area contributed by atoms with Crippen LogP contribution in [0.1, 0.15) is 46.8 Å². The minimum atomic E-state index is -0.721. The van der Waals surface area contributed by atoms with E-state index in [1.54, 1.807) is 5.01 Å². The first-order valence-electron chi connectivity index (χ1n) is 11.6. The highest BCUT2D eigenvalue weighted by Crippen LogP contribution is 2.43. The highest BCUT2D eigenvalue weighted by Gasteiger charge is 2.39. The number of pyridine rings is 1. The van der Waals surface area contributed by atoms with Crippen LogP contribution in [0.5, 0.6) is 0 Å². The Morgan fingerprint density at radius 2 is 1.77 bits per heavy atom. The molecule has 2 aliphatic rings. The Bertz CT molecular complexity index is 1300. The van der Waals surface area contributed by atoms with Gasteiger partial charge in [0, 0.05) is 6.07 Å². The topological polar surface area (TPSA) is 85.6 Å². The molecule has 1 amide bonds. The van der Waals surface area contributed by atoms with Gasteiger partial charge < -0.3 is 9.94 Å². The van der Waals surface area contributed by atoms with Crippen LogP contribution in [0.3, 0.4) is 0 Å². The first-order chi connectivity index (χ1) is 17.1. The molecule has 5 rings (SSSR count). The first-order valence-corrected chi connectivity index (χ1v) is 11.6. The number of hydrazine groups is 1. The standard InChI is InChI=1S/C28H25N3O4/c32-25(19-35-28(33)23-14-8-16-30(34)18-23)31-27(21-11-5-2-6-12-21)24-15-7-13-22(26(24)29-31)17-20-9-3-1-4-10-20/h1-6,8-12,14,16-18,27,29H,7,13,15,19H2/b22-17+/t27-/m0/s1. The molecule has 2 heterocycles. The van der Waals surface area contributed by atoms with E-state index in [1.165, 1.54) is 18.3 Å². The summed E-state index contributed by atoms with van der Waals surface area (Å²) in [5, 5.41) is 13.0. The lowest BCUT2D eigenvalue weighted by Crippen LogP contribution is -2.42. The molecule has 0 fully saturated rings. The SMILES string of the molecule is O=C(OCC(=O)N1NC2=C(CCC/C2=C\c2ccccc2)[C@@H]1c1ccccc1)c1ccc[n+]([O-])c1. The van der Waals surface area contributed by atoms with Gasteiger partial charge in [-0.1, -0.05) is 60.7 Å². The third kappa shape index (κ3) is 4.80. The molecule has 3 aromatic rings. The van der Waals surface area contributed by atoms with Crippen molar-refractivity contribution in [2.75, 3.05) is 6.61 Å². The second-order valence-corrected chi connectivity index (χ2v) is 8.55. The van der Waals surface area contributed by atoms with E-state index in [0.717, 1.165) is 53.4 Å². The minimum absolute atomic E-state index is 0.0924. The average Bonchev–Trinajstić information content (AvgIpc) is 3.29. The molecule has 1 aromatic heterocycles. The normalized spacial score (nSPS) is 18.2. The van der Waals surface area contributed by atoms with Gasteiger partial charge in [0.2, 0.25) is 0 Å². The Morgan fingerprint density at radius 3 is 2.51 bits per heavy atom. The lowest BCUT2D eigenvalue weighted by atomic mass is 9.86. The van der Waals surface area contributed by atoms with Gasteiger partial charge in [0.15, 0.2) is 19.0 Å². The fourth-order valence-corrected chi connectivity index (χ4v) is 4.63. The number of hydrogen-bond donors (Lipinski definition) is 1. The molecule has 0 unspecified atom stereocenters. The van der Waals surface area contributed by atoms with Gasteiger partial charge in [-0.2, -0.15) is 4.73 Å². The summed E-state index contributed by atoms with van der Waals surface area (Å²) in [6.07, 6.45) is 7.31. The van der Waals surface area contributed by atoms with Crippen molar-refractivity contribution in [3.63, 3.8) is 0 Å². The molecular formula is C28H25N3O4. The molecule has 176 valence electrons. The molecule has 0 saturated carbocycles. The van der Waals surface area contributed by atoms with Gasteiger partial charge in [0.05, 0.1) is 5.70 Å². The molecule has 7 nitrogen and oxygen atoms in total. The quantitative estimate of drug-likeness (QED) is 0.347. The van der Waals surface area contributed by atoms with Crippen molar-refractivity contribution in [1.29, 1.82) is 0 Å². The second kappa shape index (κ2) is 9.85. The number of benzene rings is 2. The molecular weight excluding hydrogens is 442 g/mol. The summed E-state index contributed by atoms with van der Waals surface area (Å²) in [6.45, 7) is -0.443. The lowest BCUT2D eigenvalue weighted by molar-refractivity contribution is -0.605. The van der Waals surface area contributed by atoms with Crippen LogP contribution in [0.4, 0.5) is 0 Å². The number of ether oxygens (including phenoxy) is 1. The zero-order valence-corrected chi connectivity index (χ0v) is 19.1. The van der Waals surface area contributed by atoms with Gasteiger partial charge in [-0.25, -0.2) is 9.80 Å². The maximum Gasteiger partial charge on any atom is 0.344 e. The third-order valence-electron chi connectivity index (χ3n) is 6.22. The Morgan fingerprint density at radius 1 is 1.03 bits per heavy atom. The number of nitrogens with one attached hydrogen (secondary N) is 1. The second-order valence-electron chi connectivity index (χ2n) is 8.55. The maximum atomic E-state index is 13.3. The summed E-state index contributed by atoms with van der Waals surface area (Å²) in [7, 11) is 0. The van der Waals surface area contributed by atoms with E-state index in [0.29, 0.717) is 4.73 Å². The predicted molar refractivity (Wildman–Crippen MR) is 130 cm³/mol. The van der Waals surface area contributed by atoms with Crippen molar-refractivity contribution in [3.8, 4) is 0 Å². The molecule has 0 saturated heterocycles. The maximum absolute atomic E-state index is 13.3. The molecule has 1 aliphatic carbocycles. The Hall–Kier alpha value is -4.39. The summed E-state index contributed by atoms with van der Waals surface area (Å²) in [4.78, 5) is 25.7. The molecule has 0 spiro atoms. The predicted octanol–water partition coefficient (Wildman–Crippen LogP) is 4.09. The molecule has 1 N–H and O–H groups in total. The van der Waals surface area contributed by atoms with Gasteiger partial charge in [0.1, 0.15) is 11.6 Å². The van der Waals surface area contributed by atoms with Gasteiger partial charge in [-0.3, -0.25) is 10.2 Å². The highest BCUT2D eigenvalue weighted by atomic mass is 16.5. The number of allylic oxidation sites excluding steroid dienone is 1. The Labute approximate surface area is 203 Å². The largest absolute Gasteiger partial charge is 0.619 e. The number of amides is 1. The van der Waals surface area contributed by atoms with Crippen molar-refractivity contribution >= 4 is 18.0 Å². The van der Waals surface area contributed by atoms with Crippen LogP contribution in [0, 0.1) is 5.21 Å². The van der Waals surface area contributed by atoms with Crippen molar-refractivity contribution in [1.82, 2.24) is 10.4 Å². The zero-order chi connectivity index (χ0) is 24.2. The molecule has 0 bridgehead atoms. The monoisotopic (exact) mass is 467 g/mol. The minimum Gasteiger partial charge on any atom is -0.619 e. The van der Waals surface area contributed by atoms with E-state index in [-0.39, 0.29) is 17.5 Å². The van der Waals surface area contributed by atoms with E-state index in [9.17, 15) is 14.8 Å². The van der Waals surface area contributed by atoms with E-state index < -0.39 is 12.6 Å². The van der Waals surface area contributed by atoms with E-state index >= 15 is 0 Å². The molecule has 2 aromatic carbocycles. The summed E-state index contributed by atoms with van der Waals surface area (Å²) in [6, 6.07) is 22.6. The molecule has 7 heteroatoms. The number of nitrogens with zero attached hydrogens (tertiary/aromatic N) is 2. The number of carbonyl (C=O) groups is 2. The van der Waals surface area contributed by atoms with Crippen molar-refractivity contribution < 1.29 is 19.1 Å². The summed E-state index contributed by atoms with van der Waals surface area (Å²) < 4.78 is 5.78. The number of hydrogen-bond acceptors (Lipinski definition) is 5. The van der Waals surface area contributed by atoms with Crippen LogP contribution >= 0.6 is 0 Å². The fraction of sp³-hybridized carbons (Fsp3) is 0.179. The number of aromatic nitrogens is 1. The molecule has 35 heavy (non-hydrogen) atoms. The first kappa shape index (κ1) is 22.4. The van der Waals surface area contributed by atoms with Gasteiger partial charge in [-0.15, -0.1) is 0 Å². The van der Waals surface area contributed by atoms with Crippen molar-refractivity contribution in [2.24, 2.45) is 0 Å². The van der Waals surface area contributed by atoms with Crippen LogP contribution in [-0.4, -0.2) is 23.5 Å². The average molecular weight is 468 g/mol. The smallest absolute Gasteiger partial charge is 0.344 e. The molecule has 0 radical (unpaired) electrons. The van der Waals surface area contributed by atoms with Crippen molar-refractivity contribution in [3.05, 3.63) is 124 Å². The Balaban J connectivity index is 1.41. The highest BCUT2D eigenvalue weighted by molar-refractivity contribution is 5.91. The summed E-state index contributed by atoms with van der Waals surface area (Å²) in [5.74, 6) is -1.09. The van der Waals surface area contributed by atoms with Gasteiger partial charge in [-0.05, 0) is 53.7 Å². The zero-order valence-electron chi connectivity index (χ0n) is 19.1. The van der Waals surface area contributed by atoms with E-state index in [4.69, 9.17) is 4.74 Å². The number of rotatable bonds is 5. The van der Waals surface area contributed by atoms with Gasteiger partial charge in [0.25, 0.3) is 5.91 Å². The van der Waals surface area contributed by atoms with Crippen LogP contribution in [-0.2, 0) is 9.53 Å². The summed E-state index contributed by atoms with van der Waals surface area (Å²) in [5.41, 5.74) is 8.78. The van der Waals surface area contributed by atoms with Crippen LogP contribution in [0.2, 0.25) is 0 Å². The molecule has 1 atom stereocenters. The van der Waals surface area contributed by atoms with E-state index in [1.807, 2.05) is 48.5 Å². The fourth-order valence-electron chi connectivity index (χ4n) is 4.63. The van der Waals surface area contributed by atoms with Crippen LogP contribution in [0.15, 0.2) is 102 Å². The lowest BCUT2D eigenvalue weighted by Gasteiger charge is -2.26. The van der Waals surface area contributed by atoms with Crippen LogP contribution in [0.25, 0.3) is 6.08 Å². The Kier molecular flexibility index (Phi) is 6.30. The number of carbonyl (C=O) groups excluding carboxylic acids is 2. The number of esters is 1. The third-order valence-corrected chi connectivity index (χ3v) is 6.22. The van der Waals surface area contributed by atoms with Gasteiger partial charge >= 0.3 is 5.97 Å².